The van der Waals surface area contributed by atoms with Gasteiger partial charge < -0.3 is 0 Å². The molecule has 0 spiro atoms. The van der Waals surface area contributed by atoms with Gasteiger partial charge >= 0.3 is 10.2 Å². The molecule has 0 radical (unpaired) electrons. The molecule has 1 heterocycles. The van der Waals surface area contributed by atoms with E-state index in [1.165, 1.54) is 4.68 Å². The molecule has 15 heavy (non-hydrogen) atoms. The zero-order valence-corrected chi connectivity index (χ0v) is 8.36. The Balaban J connectivity index is 2.46. The van der Waals surface area contributed by atoms with Crippen LogP contribution in [0.1, 0.15) is 0 Å². The second-order valence-electron chi connectivity index (χ2n) is 2.89. The van der Waals surface area contributed by atoms with Gasteiger partial charge in [0.15, 0.2) is 0 Å². The largest absolute Gasteiger partial charge is 0.335 e. The molecule has 0 saturated carbocycles. The molecule has 0 amide bonds. The fraction of sp³-hybridized carbons (Fsp3) is 0. The Morgan fingerprint density at radius 2 is 1.87 bits per heavy atom. The number of halogens is 1. The minimum atomic E-state index is -4.67. The minimum absolute atomic E-state index is 0.439. The molecule has 1 aromatic heterocycles. The van der Waals surface area contributed by atoms with Crippen LogP contribution in [0.5, 0.6) is 0 Å². The minimum Gasteiger partial charge on any atom is -0.240 e. The van der Waals surface area contributed by atoms with Crippen LogP contribution in [0.2, 0.25) is 0 Å². The van der Waals surface area contributed by atoms with Crippen LogP contribution in [0.3, 0.4) is 0 Å². The summed E-state index contributed by atoms with van der Waals surface area (Å²) in [6.07, 6.45) is 2.10. The Hall–Kier alpha value is -1.69. The summed E-state index contributed by atoms with van der Waals surface area (Å²) in [5, 5.41) is 3.75. The topological polar surface area (TPSA) is 52.0 Å². The highest BCUT2D eigenvalue weighted by Gasteiger charge is 2.14. The SMILES string of the molecule is O=S(=O)(F)c1cnn(-c2ccccc2)c1. The van der Waals surface area contributed by atoms with Crippen molar-refractivity contribution in [3.05, 3.63) is 42.7 Å². The first-order valence-electron chi connectivity index (χ1n) is 4.12. The molecule has 0 bridgehead atoms. The number of benzene rings is 1. The first kappa shape index (κ1) is 9.85. The molecule has 0 unspecified atom stereocenters. The average Bonchev–Trinajstić information content (AvgIpc) is 2.67. The molecule has 6 heteroatoms. The third kappa shape index (κ3) is 2.04. The van der Waals surface area contributed by atoms with Crippen molar-refractivity contribution in [3.8, 4) is 5.69 Å². The molecule has 4 nitrogen and oxygen atoms in total. The lowest BCUT2D eigenvalue weighted by Crippen LogP contribution is -1.93. The second-order valence-corrected chi connectivity index (χ2v) is 4.24. The van der Waals surface area contributed by atoms with E-state index >= 15 is 0 Å². The van der Waals surface area contributed by atoms with Gasteiger partial charge in [-0.2, -0.15) is 13.5 Å². The van der Waals surface area contributed by atoms with Crippen LogP contribution in [-0.2, 0) is 10.2 Å². The van der Waals surface area contributed by atoms with Crippen LogP contribution >= 0.6 is 0 Å². The van der Waals surface area contributed by atoms with Gasteiger partial charge in [0.2, 0.25) is 0 Å². The fourth-order valence-corrected chi connectivity index (χ4v) is 1.55. The summed E-state index contributed by atoms with van der Waals surface area (Å²) in [5.74, 6) is 0. The van der Waals surface area contributed by atoms with E-state index in [0.29, 0.717) is 5.69 Å². The van der Waals surface area contributed by atoms with Crippen molar-refractivity contribution in [1.29, 1.82) is 0 Å². The summed E-state index contributed by atoms with van der Waals surface area (Å²) in [6, 6.07) is 8.85. The smallest absolute Gasteiger partial charge is 0.240 e. The lowest BCUT2D eigenvalue weighted by molar-refractivity contribution is 0.552. The highest BCUT2D eigenvalue weighted by molar-refractivity contribution is 7.86. The number of hydrogen-bond acceptors (Lipinski definition) is 3. The summed E-state index contributed by atoms with van der Waals surface area (Å²) >= 11 is 0. The van der Waals surface area contributed by atoms with Crippen molar-refractivity contribution in [2.24, 2.45) is 0 Å². The molecule has 0 aliphatic rings. The fourth-order valence-electron chi connectivity index (χ4n) is 1.15. The van der Waals surface area contributed by atoms with Gasteiger partial charge in [0.25, 0.3) is 0 Å². The number of para-hydroxylation sites is 1. The molecule has 0 saturated heterocycles. The Morgan fingerprint density at radius 1 is 1.20 bits per heavy atom. The summed E-state index contributed by atoms with van der Waals surface area (Å²) < 4.78 is 35.0. The molecule has 2 aromatic rings. The van der Waals surface area contributed by atoms with Crippen molar-refractivity contribution < 1.29 is 12.3 Å². The number of hydrogen-bond donors (Lipinski definition) is 0. The van der Waals surface area contributed by atoms with Crippen LogP contribution in [0.15, 0.2) is 47.6 Å². The molecule has 0 atom stereocenters. The van der Waals surface area contributed by atoms with Crippen LogP contribution in [0, 0.1) is 0 Å². The molecule has 1 aromatic carbocycles. The highest BCUT2D eigenvalue weighted by Crippen LogP contribution is 2.13. The van der Waals surface area contributed by atoms with E-state index in [2.05, 4.69) is 5.10 Å². The second kappa shape index (κ2) is 3.47. The first-order chi connectivity index (χ1) is 7.07. The maximum absolute atomic E-state index is 12.6. The van der Waals surface area contributed by atoms with E-state index in [1.807, 2.05) is 6.07 Å². The van der Waals surface area contributed by atoms with Crippen LogP contribution < -0.4 is 0 Å². The number of aromatic nitrogens is 2. The number of nitrogens with zero attached hydrogens (tertiary/aromatic N) is 2. The van der Waals surface area contributed by atoms with Crippen molar-refractivity contribution in [3.63, 3.8) is 0 Å². The Bertz CT molecular complexity index is 563. The monoisotopic (exact) mass is 226 g/mol. The summed E-state index contributed by atoms with van der Waals surface area (Å²) in [4.78, 5) is -0.439. The normalized spacial score (nSPS) is 11.5. The van der Waals surface area contributed by atoms with Gasteiger partial charge in [-0.05, 0) is 12.1 Å². The summed E-state index contributed by atoms with van der Waals surface area (Å²) in [5.41, 5.74) is 0.674. The molecule has 0 fully saturated rings. The van der Waals surface area contributed by atoms with E-state index in [0.717, 1.165) is 12.4 Å². The van der Waals surface area contributed by atoms with Gasteiger partial charge in [0.05, 0.1) is 18.1 Å². The van der Waals surface area contributed by atoms with Crippen LogP contribution in [0.4, 0.5) is 3.89 Å². The highest BCUT2D eigenvalue weighted by atomic mass is 32.3. The first-order valence-corrected chi connectivity index (χ1v) is 5.50. The molecular weight excluding hydrogens is 219 g/mol. The van der Waals surface area contributed by atoms with Crippen LogP contribution in [-0.4, -0.2) is 18.2 Å². The predicted octanol–water partition coefficient (Wildman–Crippen LogP) is 1.53. The molecule has 0 N–H and O–H groups in total. The van der Waals surface area contributed by atoms with Gasteiger partial charge in [-0.15, -0.1) is 3.89 Å². The standard InChI is InChI=1S/C9H7FN2O2S/c10-15(13,14)9-6-11-12(7-9)8-4-2-1-3-5-8/h1-7H. The molecule has 0 aliphatic carbocycles. The Labute approximate surface area is 86.2 Å². The van der Waals surface area contributed by atoms with E-state index in [-0.39, 0.29) is 0 Å². The lowest BCUT2D eigenvalue weighted by Gasteiger charge is -1.98. The van der Waals surface area contributed by atoms with Crippen molar-refractivity contribution in [1.82, 2.24) is 9.78 Å². The number of rotatable bonds is 2. The van der Waals surface area contributed by atoms with Gasteiger partial charge in [0.1, 0.15) is 4.90 Å². The maximum atomic E-state index is 12.6. The van der Waals surface area contributed by atoms with Gasteiger partial charge in [-0.3, -0.25) is 0 Å². The van der Waals surface area contributed by atoms with E-state index in [9.17, 15) is 12.3 Å². The molecule has 78 valence electrons. The molecule has 0 aliphatic heterocycles. The van der Waals surface area contributed by atoms with Gasteiger partial charge in [-0.25, -0.2) is 4.68 Å². The quantitative estimate of drug-likeness (QED) is 0.730. The van der Waals surface area contributed by atoms with Crippen molar-refractivity contribution in [2.75, 3.05) is 0 Å². The predicted molar refractivity (Wildman–Crippen MR) is 51.9 cm³/mol. The third-order valence-electron chi connectivity index (χ3n) is 1.86. The summed E-state index contributed by atoms with van der Waals surface area (Å²) in [7, 11) is -4.67. The average molecular weight is 226 g/mol. The maximum Gasteiger partial charge on any atom is 0.335 e. The summed E-state index contributed by atoms with van der Waals surface area (Å²) in [6.45, 7) is 0. The third-order valence-corrected chi connectivity index (χ3v) is 2.64. The lowest BCUT2D eigenvalue weighted by atomic mass is 10.3. The Kier molecular flexibility index (Phi) is 2.28. The Morgan fingerprint density at radius 3 is 2.40 bits per heavy atom. The van der Waals surface area contributed by atoms with E-state index in [1.54, 1.807) is 24.3 Å². The van der Waals surface area contributed by atoms with Crippen molar-refractivity contribution in [2.45, 2.75) is 4.90 Å². The van der Waals surface area contributed by atoms with Gasteiger partial charge in [-0.1, -0.05) is 18.2 Å². The van der Waals surface area contributed by atoms with Gasteiger partial charge in [0, 0.05) is 0 Å². The van der Waals surface area contributed by atoms with E-state index < -0.39 is 15.1 Å². The van der Waals surface area contributed by atoms with Crippen molar-refractivity contribution >= 4 is 10.2 Å². The van der Waals surface area contributed by atoms with Crippen LogP contribution in [0.25, 0.3) is 5.69 Å². The molecule has 2 rings (SSSR count). The van der Waals surface area contributed by atoms with E-state index in [4.69, 9.17) is 0 Å². The molecular formula is C9H7FN2O2S. The zero-order valence-electron chi connectivity index (χ0n) is 7.54. The zero-order chi connectivity index (χ0) is 10.9.